The standard InChI is InChI=1S/C18H17ClN2O2/c1-2-18(14-9-4-3-5-10-14)16(22)21(17(23)20-18)12-13-8-6-7-11-15(13)19/h3-11H,2,12H2,1H3,(H,20,23). The number of benzene rings is 2. The lowest BCUT2D eigenvalue weighted by Gasteiger charge is -2.25. The number of nitrogens with one attached hydrogen (secondary N) is 1. The van der Waals surface area contributed by atoms with E-state index in [2.05, 4.69) is 5.32 Å². The molecule has 2 aromatic carbocycles. The number of rotatable bonds is 4. The van der Waals surface area contributed by atoms with E-state index in [1.807, 2.05) is 55.5 Å². The largest absolute Gasteiger partial charge is 0.325 e. The monoisotopic (exact) mass is 328 g/mol. The van der Waals surface area contributed by atoms with Crippen LogP contribution in [0.15, 0.2) is 54.6 Å². The molecule has 1 unspecified atom stereocenters. The number of hydrogen-bond acceptors (Lipinski definition) is 2. The molecule has 4 nitrogen and oxygen atoms in total. The van der Waals surface area contributed by atoms with E-state index in [1.54, 1.807) is 6.07 Å². The molecule has 1 aliphatic heterocycles. The lowest BCUT2D eigenvalue weighted by Crippen LogP contribution is -2.43. The zero-order valence-corrected chi connectivity index (χ0v) is 13.5. The molecule has 118 valence electrons. The fourth-order valence-corrected chi connectivity index (χ4v) is 3.12. The Morgan fingerprint density at radius 1 is 1.04 bits per heavy atom. The van der Waals surface area contributed by atoms with Gasteiger partial charge in [0.25, 0.3) is 5.91 Å². The summed E-state index contributed by atoms with van der Waals surface area (Å²) in [6.07, 6.45) is 0.487. The van der Waals surface area contributed by atoms with Crippen LogP contribution in [0.25, 0.3) is 0 Å². The number of hydrogen-bond donors (Lipinski definition) is 1. The minimum absolute atomic E-state index is 0.166. The van der Waals surface area contributed by atoms with E-state index < -0.39 is 5.54 Å². The average Bonchev–Trinajstić information content (AvgIpc) is 2.82. The number of carbonyl (C=O) groups is 2. The highest BCUT2D eigenvalue weighted by atomic mass is 35.5. The van der Waals surface area contributed by atoms with Crippen molar-refractivity contribution in [3.8, 4) is 0 Å². The third-order valence-electron chi connectivity index (χ3n) is 4.26. The number of urea groups is 1. The van der Waals surface area contributed by atoms with Crippen LogP contribution in [0.1, 0.15) is 24.5 Å². The second-order valence-corrected chi connectivity index (χ2v) is 5.94. The van der Waals surface area contributed by atoms with Crippen LogP contribution in [0.5, 0.6) is 0 Å². The minimum atomic E-state index is -1.00. The van der Waals surface area contributed by atoms with Crippen LogP contribution in [0.4, 0.5) is 4.79 Å². The molecule has 0 aliphatic carbocycles. The van der Waals surface area contributed by atoms with Crippen LogP contribution in [0.2, 0.25) is 5.02 Å². The molecule has 1 heterocycles. The van der Waals surface area contributed by atoms with E-state index in [9.17, 15) is 9.59 Å². The van der Waals surface area contributed by atoms with Crippen molar-refractivity contribution in [2.24, 2.45) is 0 Å². The number of nitrogens with zero attached hydrogens (tertiary/aromatic N) is 1. The Morgan fingerprint density at radius 2 is 1.70 bits per heavy atom. The van der Waals surface area contributed by atoms with Crippen LogP contribution in [0.3, 0.4) is 0 Å². The number of carbonyl (C=O) groups excluding carboxylic acids is 2. The van der Waals surface area contributed by atoms with Gasteiger partial charge in [-0.05, 0) is 23.6 Å². The third-order valence-corrected chi connectivity index (χ3v) is 4.63. The van der Waals surface area contributed by atoms with Crippen LogP contribution in [0, 0.1) is 0 Å². The van der Waals surface area contributed by atoms with E-state index in [1.165, 1.54) is 4.90 Å². The molecular weight excluding hydrogens is 312 g/mol. The summed E-state index contributed by atoms with van der Waals surface area (Å²) in [5, 5.41) is 3.41. The van der Waals surface area contributed by atoms with Crippen molar-refractivity contribution in [3.63, 3.8) is 0 Å². The Balaban J connectivity index is 1.95. The van der Waals surface area contributed by atoms with Crippen LogP contribution in [-0.4, -0.2) is 16.8 Å². The SMILES string of the molecule is CCC1(c2ccccc2)NC(=O)N(Cc2ccccc2Cl)C1=O. The zero-order valence-electron chi connectivity index (χ0n) is 12.8. The van der Waals surface area contributed by atoms with Gasteiger partial charge in [0.15, 0.2) is 0 Å². The molecule has 1 atom stereocenters. The average molecular weight is 329 g/mol. The summed E-state index contributed by atoms with van der Waals surface area (Å²) < 4.78 is 0. The van der Waals surface area contributed by atoms with Gasteiger partial charge in [-0.1, -0.05) is 67.1 Å². The molecule has 0 spiro atoms. The Labute approximate surface area is 140 Å². The smallest absolute Gasteiger partial charge is 0.319 e. The molecule has 5 heteroatoms. The van der Waals surface area contributed by atoms with Crippen molar-refractivity contribution < 1.29 is 9.59 Å². The highest BCUT2D eigenvalue weighted by Gasteiger charge is 2.51. The summed E-state index contributed by atoms with van der Waals surface area (Å²) in [4.78, 5) is 26.6. The maximum atomic E-state index is 13.0. The van der Waals surface area contributed by atoms with Gasteiger partial charge in [-0.3, -0.25) is 9.69 Å². The molecule has 3 amide bonds. The van der Waals surface area contributed by atoms with Crippen molar-refractivity contribution in [3.05, 3.63) is 70.7 Å². The molecule has 1 saturated heterocycles. The molecule has 0 radical (unpaired) electrons. The van der Waals surface area contributed by atoms with E-state index >= 15 is 0 Å². The Kier molecular flexibility index (Phi) is 4.09. The summed E-state index contributed by atoms with van der Waals surface area (Å²) in [6.45, 7) is 2.06. The Bertz CT molecular complexity index is 748. The van der Waals surface area contributed by atoms with E-state index in [4.69, 9.17) is 11.6 Å². The van der Waals surface area contributed by atoms with Crippen molar-refractivity contribution in [1.29, 1.82) is 0 Å². The fraction of sp³-hybridized carbons (Fsp3) is 0.222. The van der Waals surface area contributed by atoms with E-state index in [-0.39, 0.29) is 18.5 Å². The van der Waals surface area contributed by atoms with Gasteiger partial charge in [0.1, 0.15) is 5.54 Å². The van der Waals surface area contributed by atoms with E-state index in [0.29, 0.717) is 11.4 Å². The first-order valence-corrected chi connectivity index (χ1v) is 7.89. The van der Waals surface area contributed by atoms with Crippen LogP contribution in [-0.2, 0) is 16.9 Å². The number of imide groups is 1. The summed E-state index contributed by atoms with van der Waals surface area (Å²) in [7, 11) is 0. The van der Waals surface area contributed by atoms with Gasteiger partial charge in [0.05, 0.1) is 6.54 Å². The van der Waals surface area contributed by atoms with Gasteiger partial charge in [-0.15, -0.1) is 0 Å². The van der Waals surface area contributed by atoms with Crippen molar-refractivity contribution in [2.75, 3.05) is 0 Å². The molecule has 1 N–H and O–H groups in total. The Morgan fingerprint density at radius 3 is 2.35 bits per heavy atom. The highest BCUT2D eigenvalue weighted by Crippen LogP contribution is 2.33. The third kappa shape index (κ3) is 2.59. The first-order chi connectivity index (χ1) is 11.1. The summed E-state index contributed by atoms with van der Waals surface area (Å²) >= 11 is 6.15. The molecule has 1 aliphatic rings. The number of amides is 3. The van der Waals surface area contributed by atoms with Crippen molar-refractivity contribution in [2.45, 2.75) is 25.4 Å². The zero-order chi connectivity index (χ0) is 16.4. The highest BCUT2D eigenvalue weighted by molar-refractivity contribution is 6.31. The van der Waals surface area contributed by atoms with Gasteiger partial charge in [0.2, 0.25) is 0 Å². The molecule has 1 fully saturated rings. The summed E-state index contributed by atoms with van der Waals surface area (Å²) in [6, 6.07) is 16.2. The number of halogens is 1. The van der Waals surface area contributed by atoms with Crippen LogP contribution < -0.4 is 5.32 Å². The van der Waals surface area contributed by atoms with Gasteiger partial charge >= 0.3 is 6.03 Å². The minimum Gasteiger partial charge on any atom is -0.319 e. The molecule has 2 aromatic rings. The second kappa shape index (κ2) is 6.05. The van der Waals surface area contributed by atoms with Gasteiger partial charge < -0.3 is 5.32 Å². The molecule has 0 bridgehead atoms. The first kappa shape index (κ1) is 15.6. The lowest BCUT2D eigenvalue weighted by atomic mass is 9.87. The van der Waals surface area contributed by atoms with Gasteiger partial charge in [-0.2, -0.15) is 0 Å². The molecule has 23 heavy (non-hydrogen) atoms. The molecule has 3 rings (SSSR count). The van der Waals surface area contributed by atoms with Gasteiger partial charge in [0, 0.05) is 5.02 Å². The molecular formula is C18H17ClN2O2. The van der Waals surface area contributed by atoms with E-state index in [0.717, 1.165) is 11.1 Å². The predicted molar refractivity (Wildman–Crippen MR) is 88.9 cm³/mol. The topological polar surface area (TPSA) is 49.4 Å². The lowest BCUT2D eigenvalue weighted by molar-refractivity contribution is -0.132. The van der Waals surface area contributed by atoms with Gasteiger partial charge in [-0.25, -0.2) is 4.79 Å². The Hall–Kier alpha value is -2.33. The maximum absolute atomic E-state index is 13.0. The second-order valence-electron chi connectivity index (χ2n) is 5.54. The molecule has 0 aromatic heterocycles. The normalized spacial score (nSPS) is 20.7. The molecule has 0 saturated carbocycles. The first-order valence-electron chi connectivity index (χ1n) is 7.51. The maximum Gasteiger partial charge on any atom is 0.325 e. The fourth-order valence-electron chi connectivity index (χ4n) is 2.93. The van der Waals surface area contributed by atoms with Crippen molar-refractivity contribution >= 4 is 23.5 Å². The predicted octanol–water partition coefficient (Wildman–Crippen LogP) is 3.70. The quantitative estimate of drug-likeness (QED) is 0.870. The van der Waals surface area contributed by atoms with Crippen LogP contribution >= 0.6 is 11.6 Å². The van der Waals surface area contributed by atoms with Crippen molar-refractivity contribution in [1.82, 2.24) is 10.2 Å². The summed E-state index contributed by atoms with van der Waals surface area (Å²) in [5.41, 5.74) is 0.541. The summed E-state index contributed by atoms with van der Waals surface area (Å²) in [5.74, 6) is -0.240.